The minimum Gasteiger partial charge on any atom is -0.497 e. The van der Waals surface area contributed by atoms with Gasteiger partial charge in [-0.05, 0) is 65.2 Å². The van der Waals surface area contributed by atoms with Crippen LogP contribution in [-0.2, 0) is 0 Å². The van der Waals surface area contributed by atoms with Crippen molar-refractivity contribution in [3.05, 3.63) is 146 Å². The molecule has 9 aromatic rings. The Morgan fingerprint density at radius 3 is 1.72 bits per heavy atom. The predicted molar refractivity (Wildman–Crippen MR) is 190 cm³/mol. The van der Waals surface area contributed by atoms with Gasteiger partial charge in [0.25, 0.3) is 0 Å². The molecule has 0 saturated carbocycles. The van der Waals surface area contributed by atoms with E-state index in [1.54, 1.807) is 31.9 Å². The third-order valence-corrected chi connectivity index (χ3v) is 8.93. The number of methoxy groups -OCH3 is 1. The van der Waals surface area contributed by atoms with Gasteiger partial charge in [-0.2, -0.15) is 0 Å². The Balaban J connectivity index is 1.30. The van der Waals surface area contributed by atoms with Crippen molar-refractivity contribution in [2.24, 2.45) is 0 Å². The maximum atomic E-state index is 5.72. The third-order valence-electron chi connectivity index (χ3n) is 8.93. The van der Waals surface area contributed by atoms with Gasteiger partial charge in [0.15, 0.2) is 0 Å². The molecule has 0 radical (unpaired) electrons. The minimum atomic E-state index is 0.814. The maximum Gasteiger partial charge on any atom is 0.119 e. The Labute approximate surface area is 270 Å². The van der Waals surface area contributed by atoms with E-state index in [1.165, 1.54) is 0 Å². The molecular weight excluding hydrogens is 578 g/mol. The standard InChI is InChI=1S/C41H27N5O/c1-47-27-17-19-39-34(25-27)33-24-26(28-8-2-3-9-29(28)31-11-6-13-35-40(31)44-22-20-42-35)16-18-38(33)46(39)37-15-5-4-10-30(37)32-12-7-14-36-41(32)45-23-21-43-36/h2-25H,1H3. The average Bonchev–Trinajstić information content (AvgIpc) is 3.47. The Bertz CT molecular complexity index is 2630. The van der Waals surface area contributed by atoms with Gasteiger partial charge >= 0.3 is 0 Å². The summed E-state index contributed by atoms with van der Waals surface area (Å²) in [5, 5.41) is 2.25. The number of nitrogens with zero attached hydrogens (tertiary/aromatic N) is 5. The van der Waals surface area contributed by atoms with Crippen LogP contribution < -0.4 is 4.74 Å². The highest BCUT2D eigenvalue weighted by molar-refractivity contribution is 6.12. The van der Waals surface area contributed by atoms with E-state index in [9.17, 15) is 0 Å². The first-order valence-electron chi connectivity index (χ1n) is 15.5. The largest absolute Gasteiger partial charge is 0.497 e. The van der Waals surface area contributed by atoms with E-state index in [4.69, 9.17) is 14.7 Å². The van der Waals surface area contributed by atoms with Crippen molar-refractivity contribution in [1.29, 1.82) is 0 Å². The topological polar surface area (TPSA) is 65.7 Å². The molecule has 9 rings (SSSR count). The van der Waals surface area contributed by atoms with Gasteiger partial charge in [-0.25, -0.2) is 0 Å². The predicted octanol–water partition coefficient (Wildman–Crippen LogP) is 9.68. The lowest BCUT2D eigenvalue weighted by Gasteiger charge is -2.15. The summed E-state index contributed by atoms with van der Waals surface area (Å²) in [5.74, 6) is 0.814. The Kier molecular flexibility index (Phi) is 6.25. The molecular formula is C41H27N5O. The monoisotopic (exact) mass is 605 g/mol. The Morgan fingerprint density at radius 1 is 0.468 bits per heavy atom. The van der Waals surface area contributed by atoms with Gasteiger partial charge < -0.3 is 9.30 Å². The summed E-state index contributed by atoms with van der Waals surface area (Å²) >= 11 is 0. The lowest BCUT2D eigenvalue weighted by molar-refractivity contribution is 0.415. The quantitative estimate of drug-likeness (QED) is 0.195. The molecule has 3 aromatic heterocycles. The van der Waals surface area contributed by atoms with Crippen molar-refractivity contribution in [3.63, 3.8) is 0 Å². The van der Waals surface area contributed by atoms with Crippen molar-refractivity contribution in [1.82, 2.24) is 24.5 Å². The molecule has 0 spiro atoms. The highest BCUT2D eigenvalue weighted by atomic mass is 16.5. The third kappa shape index (κ3) is 4.34. The summed E-state index contributed by atoms with van der Waals surface area (Å²) in [7, 11) is 1.71. The van der Waals surface area contributed by atoms with Crippen molar-refractivity contribution in [2.75, 3.05) is 7.11 Å². The number of fused-ring (bicyclic) bond motifs is 5. The lowest BCUT2D eigenvalue weighted by Crippen LogP contribution is -1.98. The highest BCUT2D eigenvalue weighted by Crippen LogP contribution is 2.42. The van der Waals surface area contributed by atoms with E-state index in [0.717, 1.165) is 88.7 Å². The molecule has 3 heterocycles. The van der Waals surface area contributed by atoms with Crippen LogP contribution in [-0.4, -0.2) is 31.6 Å². The van der Waals surface area contributed by atoms with Gasteiger partial charge in [0.2, 0.25) is 0 Å². The average molecular weight is 606 g/mol. The van der Waals surface area contributed by atoms with Crippen LogP contribution in [0.2, 0.25) is 0 Å². The fourth-order valence-corrected chi connectivity index (χ4v) is 6.84. The van der Waals surface area contributed by atoms with Crippen LogP contribution in [0.4, 0.5) is 0 Å². The fourth-order valence-electron chi connectivity index (χ4n) is 6.84. The molecule has 0 aliphatic carbocycles. The molecule has 6 nitrogen and oxygen atoms in total. The van der Waals surface area contributed by atoms with E-state index >= 15 is 0 Å². The van der Waals surface area contributed by atoms with Crippen molar-refractivity contribution in [2.45, 2.75) is 0 Å². The molecule has 0 atom stereocenters. The van der Waals surface area contributed by atoms with Crippen LogP contribution in [0.3, 0.4) is 0 Å². The molecule has 6 aromatic carbocycles. The zero-order chi connectivity index (χ0) is 31.3. The summed E-state index contributed by atoms with van der Waals surface area (Å²) in [4.78, 5) is 18.6. The van der Waals surface area contributed by atoms with Crippen molar-refractivity contribution in [3.8, 4) is 44.8 Å². The van der Waals surface area contributed by atoms with Gasteiger partial charge in [-0.15, -0.1) is 0 Å². The molecule has 0 aliphatic rings. The number of hydrogen-bond donors (Lipinski definition) is 0. The number of aromatic nitrogens is 5. The fraction of sp³-hybridized carbons (Fsp3) is 0.0244. The Morgan fingerprint density at radius 2 is 1.02 bits per heavy atom. The second kappa shape index (κ2) is 10.9. The first-order valence-corrected chi connectivity index (χ1v) is 15.5. The molecule has 0 saturated heterocycles. The van der Waals surface area contributed by atoms with Crippen LogP contribution in [0.25, 0.3) is 82.9 Å². The highest BCUT2D eigenvalue weighted by Gasteiger charge is 2.19. The summed E-state index contributed by atoms with van der Waals surface area (Å²) < 4.78 is 8.07. The normalized spacial score (nSPS) is 11.5. The number of benzene rings is 6. The van der Waals surface area contributed by atoms with E-state index < -0.39 is 0 Å². The second-order valence-electron chi connectivity index (χ2n) is 11.5. The second-order valence-corrected chi connectivity index (χ2v) is 11.5. The van der Waals surface area contributed by atoms with Crippen LogP contribution >= 0.6 is 0 Å². The zero-order valence-corrected chi connectivity index (χ0v) is 25.5. The van der Waals surface area contributed by atoms with E-state index in [-0.39, 0.29) is 0 Å². The van der Waals surface area contributed by atoms with Crippen LogP contribution in [0.1, 0.15) is 0 Å². The molecule has 47 heavy (non-hydrogen) atoms. The molecule has 0 unspecified atom stereocenters. The summed E-state index contributed by atoms with van der Waals surface area (Å²) in [6.45, 7) is 0. The summed E-state index contributed by atoms with van der Waals surface area (Å²) in [6, 6.07) is 42.5. The Hall–Kier alpha value is -6.40. The molecule has 0 aliphatic heterocycles. The zero-order valence-electron chi connectivity index (χ0n) is 25.5. The smallest absolute Gasteiger partial charge is 0.119 e. The van der Waals surface area contributed by atoms with Crippen molar-refractivity contribution >= 4 is 43.9 Å². The molecule has 0 fully saturated rings. The van der Waals surface area contributed by atoms with Crippen molar-refractivity contribution < 1.29 is 4.74 Å². The van der Waals surface area contributed by atoms with Gasteiger partial charge in [0.05, 0.1) is 45.9 Å². The first-order chi connectivity index (χ1) is 23.3. The molecule has 6 heteroatoms. The maximum absolute atomic E-state index is 5.72. The lowest BCUT2D eigenvalue weighted by atomic mass is 9.93. The van der Waals surface area contributed by atoms with Gasteiger partial charge in [-0.3, -0.25) is 19.9 Å². The molecule has 0 bridgehead atoms. The van der Waals surface area contributed by atoms with Gasteiger partial charge in [0, 0.05) is 52.3 Å². The van der Waals surface area contributed by atoms with E-state index in [0.29, 0.717) is 0 Å². The van der Waals surface area contributed by atoms with Crippen LogP contribution in [0.5, 0.6) is 5.75 Å². The van der Waals surface area contributed by atoms with Crippen LogP contribution in [0, 0.1) is 0 Å². The van der Waals surface area contributed by atoms with Gasteiger partial charge in [-0.1, -0.05) is 72.8 Å². The molecule has 0 N–H and O–H groups in total. The van der Waals surface area contributed by atoms with Gasteiger partial charge in [0.1, 0.15) is 5.75 Å². The number of ether oxygens (including phenoxy) is 1. The number of para-hydroxylation sites is 3. The summed E-state index contributed by atoms with van der Waals surface area (Å²) in [5.41, 5.74) is 13.3. The van der Waals surface area contributed by atoms with E-state index in [2.05, 4.69) is 106 Å². The minimum absolute atomic E-state index is 0.814. The number of rotatable bonds is 5. The first kappa shape index (κ1) is 27.0. The molecule has 0 amide bonds. The summed E-state index contributed by atoms with van der Waals surface area (Å²) in [6.07, 6.45) is 6.99. The SMILES string of the molecule is COc1ccc2c(c1)c1cc(-c3ccccc3-c3cccc4nccnc34)ccc1n2-c1ccccc1-c1cccc2nccnc12. The van der Waals surface area contributed by atoms with E-state index in [1.807, 2.05) is 30.3 Å². The van der Waals surface area contributed by atoms with Crippen LogP contribution in [0.15, 0.2) is 146 Å². The number of hydrogen-bond acceptors (Lipinski definition) is 5. The molecule has 222 valence electrons.